The third-order valence-corrected chi connectivity index (χ3v) is 10.2. The molecule has 0 bridgehead atoms. The Balaban J connectivity index is 0.000000774. The smallest absolute Gasteiger partial charge is 0.469 e. The van der Waals surface area contributed by atoms with Gasteiger partial charge in [0.1, 0.15) is 6.10 Å². The average molecular weight is 745 g/mol. The Morgan fingerprint density at radius 3 is 1.46 bits per heavy atom. The molecule has 0 radical (unpaired) electrons. The molecule has 0 aromatic carbocycles. The number of esters is 1. The van der Waals surface area contributed by atoms with Crippen LogP contribution < -0.4 is 0 Å². The first-order chi connectivity index (χ1) is 24.5. The van der Waals surface area contributed by atoms with Gasteiger partial charge in [-0.3, -0.25) is 4.79 Å². The summed E-state index contributed by atoms with van der Waals surface area (Å²) in [5, 5.41) is 0. The quantitative estimate of drug-likeness (QED) is 0.0374. The van der Waals surface area contributed by atoms with Crippen LogP contribution in [0.5, 0.6) is 0 Å². The number of carbonyl (C=O) groups is 2. The van der Waals surface area contributed by atoms with Crippen LogP contribution in [0.1, 0.15) is 217 Å². The van der Waals surface area contributed by atoms with Crippen molar-refractivity contribution in [2.75, 3.05) is 14.2 Å². The molecule has 2 saturated carbocycles. The highest BCUT2D eigenvalue weighted by molar-refractivity contribution is 5.68. The normalized spacial score (nSPS) is 19.0. The van der Waals surface area contributed by atoms with Crippen LogP contribution in [0.15, 0.2) is 0 Å². The monoisotopic (exact) mass is 745 g/mol. The highest BCUT2D eigenvalue weighted by Crippen LogP contribution is 2.39. The lowest BCUT2D eigenvalue weighted by molar-refractivity contribution is -0.548. The van der Waals surface area contributed by atoms with Gasteiger partial charge in [0, 0.05) is 19.3 Å². The number of methoxy groups -OCH3 is 2. The van der Waals surface area contributed by atoms with Crippen molar-refractivity contribution >= 4 is 12.1 Å². The molecule has 9 nitrogen and oxygen atoms in total. The molecule has 310 valence electrons. The second-order valence-corrected chi connectivity index (χ2v) is 17.4. The molecule has 9 heteroatoms. The summed E-state index contributed by atoms with van der Waals surface area (Å²) >= 11 is 0. The molecule has 2 fully saturated rings. The van der Waals surface area contributed by atoms with Crippen molar-refractivity contribution in [1.82, 2.24) is 0 Å². The fourth-order valence-electron chi connectivity index (χ4n) is 6.85. The van der Waals surface area contributed by atoms with E-state index in [9.17, 15) is 9.59 Å². The number of rotatable bonds is 21. The lowest BCUT2D eigenvalue weighted by Gasteiger charge is -2.38. The maximum absolute atomic E-state index is 10.9. The molecule has 52 heavy (non-hydrogen) atoms. The molecule has 0 unspecified atom stereocenters. The lowest BCUT2D eigenvalue weighted by Crippen LogP contribution is -2.43. The standard InChI is InChI=1S/C18H36O4.C13H26O2.C12H22O3/c1-7-12-16(3,4)19-21-18(14-10-9-11-15-18)22-20-17(5,6)13-8-2;1-3-4-5-6-7-8-9-10-11-12-13(14)15-2;1-12(2,3)9-5-7-10(8-6-9)15-11(13)14-4/h7-15H2,1-6H3;3-12H2,1-2H3;9-10H,5-8H2,1-4H3. The Bertz CT molecular complexity index is 858. The Morgan fingerprint density at radius 2 is 1.06 bits per heavy atom. The van der Waals surface area contributed by atoms with Crippen LogP contribution in [-0.4, -0.2) is 49.4 Å². The van der Waals surface area contributed by atoms with Crippen LogP contribution in [0.4, 0.5) is 4.79 Å². The van der Waals surface area contributed by atoms with Gasteiger partial charge in [0.15, 0.2) is 0 Å². The van der Waals surface area contributed by atoms with Gasteiger partial charge in [-0.1, -0.05) is 112 Å². The van der Waals surface area contributed by atoms with Crippen molar-refractivity contribution in [3.05, 3.63) is 0 Å². The zero-order chi connectivity index (χ0) is 39.5. The molecule has 0 N–H and O–H groups in total. The first-order valence-corrected chi connectivity index (χ1v) is 21.0. The summed E-state index contributed by atoms with van der Waals surface area (Å²) < 4.78 is 14.2. The minimum absolute atomic E-state index is 0.0658. The van der Waals surface area contributed by atoms with Crippen LogP contribution in [0.2, 0.25) is 0 Å². The van der Waals surface area contributed by atoms with E-state index in [4.69, 9.17) is 24.3 Å². The minimum Gasteiger partial charge on any atom is -0.469 e. The second kappa shape index (κ2) is 28.1. The van der Waals surface area contributed by atoms with Crippen LogP contribution in [0.25, 0.3) is 0 Å². The zero-order valence-corrected chi connectivity index (χ0v) is 36.1. The van der Waals surface area contributed by atoms with E-state index in [1.807, 2.05) is 0 Å². The third kappa shape index (κ3) is 25.6. The molecule has 0 saturated heterocycles. The number of ether oxygens (including phenoxy) is 3. The molecule has 0 amide bonds. The number of hydrogen-bond donors (Lipinski definition) is 0. The van der Waals surface area contributed by atoms with E-state index in [2.05, 4.69) is 78.7 Å². The molecule has 2 rings (SSSR count). The van der Waals surface area contributed by atoms with E-state index in [-0.39, 0.29) is 23.3 Å². The van der Waals surface area contributed by atoms with E-state index < -0.39 is 11.9 Å². The van der Waals surface area contributed by atoms with Gasteiger partial charge in [0.05, 0.1) is 25.4 Å². The van der Waals surface area contributed by atoms with Gasteiger partial charge in [0.2, 0.25) is 5.79 Å². The average Bonchev–Trinajstić information content (AvgIpc) is 3.10. The Hall–Kier alpha value is -1.42. The van der Waals surface area contributed by atoms with Gasteiger partial charge < -0.3 is 14.2 Å². The predicted octanol–water partition coefficient (Wildman–Crippen LogP) is 13.2. The van der Waals surface area contributed by atoms with Crippen LogP contribution >= 0.6 is 0 Å². The molecular formula is C43H84O9. The van der Waals surface area contributed by atoms with Crippen molar-refractivity contribution in [2.45, 2.75) is 240 Å². The van der Waals surface area contributed by atoms with Gasteiger partial charge in [-0.15, -0.1) is 0 Å². The topological polar surface area (TPSA) is 98.8 Å². The molecule has 0 aromatic rings. The molecule has 0 spiro atoms. The summed E-state index contributed by atoms with van der Waals surface area (Å²) in [4.78, 5) is 44.8. The van der Waals surface area contributed by atoms with E-state index in [0.717, 1.165) is 89.4 Å². The lowest BCUT2D eigenvalue weighted by atomic mass is 9.72. The largest absolute Gasteiger partial charge is 0.508 e. The second-order valence-electron chi connectivity index (χ2n) is 17.4. The Morgan fingerprint density at radius 1 is 0.596 bits per heavy atom. The fourth-order valence-corrected chi connectivity index (χ4v) is 6.85. The maximum Gasteiger partial charge on any atom is 0.508 e. The van der Waals surface area contributed by atoms with Gasteiger partial charge in [0.25, 0.3) is 0 Å². The maximum atomic E-state index is 10.9. The summed E-state index contributed by atoms with van der Waals surface area (Å²) in [5.41, 5.74) is -0.237. The number of hydrogen-bond acceptors (Lipinski definition) is 9. The van der Waals surface area contributed by atoms with Crippen LogP contribution in [0.3, 0.4) is 0 Å². The third-order valence-electron chi connectivity index (χ3n) is 10.2. The van der Waals surface area contributed by atoms with E-state index in [1.54, 1.807) is 0 Å². The van der Waals surface area contributed by atoms with Gasteiger partial charge >= 0.3 is 12.1 Å². The SMILES string of the molecule is CCCC(C)(C)OOC1(OOC(C)(C)CCC)CCCCC1.CCCCCCCCCCCC(=O)OC.COC(=O)OC1CCC(C(C)(C)C)CC1. The highest BCUT2D eigenvalue weighted by Gasteiger charge is 2.40. The molecule has 2 aliphatic carbocycles. The van der Waals surface area contributed by atoms with E-state index >= 15 is 0 Å². The van der Waals surface area contributed by atoms with Gasteiger partial charge in [-0.25, -0.2) is 14.6 Å². The Labute approximate surface area is 320 Å². The predicted molar refractivity (Wildman–Crippen MR) is 211 cm³/mol. The van der Waals surface area contributed by atoms with Gasteiger partial charge in [-0.05, 0) is 96.8 Å². The van der Waals surface area contributed by atoms with Crippen LogP contribution in [0, 0.1) is 11.3 Å². The van der Waals surface area contributed by atoms with Crippen molar-refractivity contribution in [3.8, 4) is 0 Å². The fraction of sp³-hybridized carbons (Fsp3) is 0.953. The first kappa shape index (κ1) is 50.6. The van der Waals surface area contributed by atoms with Crippen molar-refractivity contribution < 1.29 is 43.3 Å². The highest BCUT2D eigenvalue weighted by atomic mass is 17.3. The summed E-state index contributed by atoms with van der Waals surface area (Å²) in [5.74, 6) is -0.0817. The van der Waals surface area contributed by atoms with E-state index in [0.29, 0.717) is 11.8 Å². The molecule has 2 aliphatic rings. The Kier molecular flexibility index (Phi) is 27.3. The van der Waals surface area contributed by atoms with Crippen molar-refractivity contribution in [3.63, 3.8) is 0 Å². The van der Waals surface area contributed by atoms with Gasteiger partial charge in [-0.2, -0.15) is 9.78 Å². The van der Waals surface area contributed by atoms with Crippen molar-refractivity contribution in [2.24, 2.45) is 11.3 Å². The number of unbranched alkanes of at least 4 members (excludes halogenated alkanes) is 8. The summed E-state index contributed by atoms with van der Waals surface area (Å²) in [6, 6.07) is 0. The van der Waals surface area contributed by atoms with Crippen molar-refractivity contribution in [1.29, 1.82) is 0 Å². The first-order valence-electron chi connectivity index (χ1n) is 21.0. The minimum atomic E-state index is -0.756. The summed E-state index contributed by atoms with van der Waals surface area (Å²) in [6.07, 6.45) is 24.9. The summed E-state index contributed by atoms with van der Waals surface area (Å²) in [7, 11) is 2.80. The van der Waals surface area contributed by atoms with Crippen LogP contribution in [-0.2, 0) is 38.6 Å². The summed E-state index contributed by atoms with van der Waals surface area (Å²) in [6.45, 7) is 21.6. The molecular weight excluding hydrogens is 660 g/mol. The van der Waals surface area contributed by atoms with E-state index in [1.165, 1.54) is 72.0 Å². The molecule has 0 atom stereocenters. The number of carbonyl (C=O) groups excluding carboxylic acids is 2. The zero-order valence-electron chi connectivity index (χ0n) is 36.1. The molecule has 0 aromatic heterocycles. The molecule has 0 heterocycles. The molecule has 0 aliphatic heterocycles.